The van der Waals surface area contributed by atoms with Gasteiger partial charge in [-0.3, -0.25) is 0 Å². The van der Waals surface area contributed by atoms with Crippen molar-refractivity contribution in [1.29, 1.82) is 21.0 Å². The van der Waals surface area contributed by atoms with E-state index in [9.17, 15) is 21.0 Å². The first-order valence-electron chi connectivity index (χ1n) is 14.3. The molecular weight excluding hydrogens is 644 g/mol. The highest BCUT2D eigenvalue weighted by atomic mass is 15.1. The number of nitrogens with zero attached hydrogens (tertiary/aromatic N) is 16. The Hall–Kier alpha value is -8.88. The average Bonchev–Trinajstić information content (AvgIpc) is 3.87. The highest BCUT2D eigenvalue weighted by Crippen LogP contribution is 2.26. The molecule has 4 heterocycles. The largest absolute Gasteiger partial charge is 0.305 e. The van der Waals surface area contributed by atoms with Crippen molar-refractivity contribution in [2.45, 2.75) is 6.92 Å². The molecule has 16 nitrogen and oxygen atoms in total. The SMILES string of the molecule is [C-]#[N+]/C(=C1/N=c2cc(C#N)c([N+]#[C-])cc2=N1)c1nc(/C(C#N)=C2/N=c3cc(C)c(C#N)cc3=N2)nc(-c2ccc3c(c2)=N/C(=C(\C#N)[N+]#[C-])N=3)n1. The third kappa shape index (κ3) is 5.19. The third-order valence-electron chi connectivity index (χ3n) is 7.53. The minimum atomic E-state index is -0.284. The maximum Gasteiger partial charge on any atom is 0.305 e. The predicted molar refractivity (Wildman–Crippen MR) is 171 cm³/mol. The maximum atomic E-state index is 10.4. The highest BCUT2D eigenvalue weighted by Gasteiger charge is 2.23. The van der Waals surface area contributed by atoms with Crippen molar-refractivity contribution in [3.63, 3.8) is 0 Å². The summed E-state index contributed by atoms with van der Waals surface area (Å²) in [5.74, 6) is -0.560. The van der Waals surface area contributed by atoms with Gasteiger partial charge < -0.3 is 0 Å². The Bertz CT molecular complexity index is 3100. The first kappa shape index (κ1) is 30.8. The van der Waals surface area contributed by atoms with Gasteiger partial charge in [0, 0.05) is 5.56 Å². The zero-order valence-corrected chi connectivity index (χ0v) is 25.7. The van der Waals surface area contributed by atoms with Gasteiger partial charge in [0.15, 0.2) is 34.9 Å². The molecule has 0 spiro atoms. The third-order valence-corrected chi connectivity index (χ3v) is 7.53. The van der Waals surface area contributed by atoms with Gasteiger partial charge in [-0.15, -0.1) is 0 Å². The summed E-state index contributed by atoms with van der Waals surface area (Å²) >= 11 is 0. The quantitative estimate of drug-likeness (QED) is 0.234. The molecule has 0 N–H and O–H groups in total. The van der Waals surface area contributed by atoms with Crippen molar-refractivity contribution in [1.82, 2.24) is 15.0 Å². The van der Waals surface area contributed by atoms with Crippen LogP contribution in [0, 0.1) is 72.0 Å². The van der Waals surface area contributed by atoms with E-state index in [1.165, 1.54) is 12.1 Å². The fourth-order valence-electron chi connectivity index (χ4n) is 5.09. The smallest absolute Gasteiger partial charge is 0.240 e. The van der Waals surface area contributed by atoms with Gasteiger partial charge in [0.05, 0.1) is 81.2 Å². The first-order valence-corrected chi connectivity index (χ1v) is 14.3. The molecule has 0 radical (unpaired) electrons. The Kier molecular flexibility index (Phi) is 7.27. The number of rotatable bonds is 3. The van der Waals surface area contributed by atoms with Crippen LogP contribution in [-0.2, 0) is 0 Å². The van der Waals surface area contributed by atoms with Crippen LogP contribution >= 0.6 is 0 Å². The molecule has 3 aromatic carbocycles. The van der Waals surface area contributed by atoms with Crippen LogP contribution in [0.2, 0.25) is 0 Å². The van der Waals surface area contributed by atoms with E-state index in [1.807, 2.05) is 6.07 Å². The molecule has 51 heavy (non-hydrogen) atoms. The fourth-order valence-corrected chi connectivity index (χ4v) is 5.09. The molecule has 0 unspecified atom stereocenters. The van der Waals surface area contributed by atoms with Crippen LogP contribution < -0.4 is 32.1 Å². The molecule has 0 aliphatic carbocycles. The van der Waals surface area contributed by atoms with E-state index in [4.69, 9.17) is 19.7 Å². The van der Waals surface area contributed by atoms with Gasteiger partial charge in [-0.25, -0.2) is 64.7 Å². The molecule has 0 fully saturated rings. The molecular formula is C35H10N16. The van der Waals surface area contributed by atoms with Gasteiger partial charge in [-0.1, -0.05) is 0 Å². The molecule has 7 rings (SSSR count). The lowest BCUT2D eigenvalue weighted by atomic mass is 10.1. The summed E-state index contributed by atoms with van der Waals surface area (Å²) in [7, 11) is 0. The second-order valence-electron chi connectivity index (χ2n) is 10.5. The van der Waals surface area contributed by atoms with Crippen molar-refractivity contribution in [2.24, 2.45) is 30.0 Å². The van der Waals surface area contributed by atoms with E-state index >= 15 is 0 Å². The van der Waals surface area contributed by atoms with Crippen molar-refractivity contribution in [3.05, 3.63) is 160 Å². The van der Waals surface area contributed by atoms with E-state index in [1.54, 1.807) is 43.3 Å². The van der Waals surface area contributed by atoms with Gasteiger partial charge >= 0.3 is 5.70 Å². The molecule has 0 amide bonds. The van der Waals surface area contributed by atoms with E-state index in [2.05, 4.69) is 71.6 Å². The van der Waals surface area contributed by atoms with E-state index < -0.39 is 0 Å². The Labute approximate surface area is 285 Å². The van der Waals surface area contributed by atoms with Gasteiger partial charge in [0.2, 0.25) is 5.69 Å². The maximum absolute atomic E-state index is 10.4. The van der Waals surface area contributed by atoms with Crippen LogP contribution in [0.4, 0.5) is 5.69 Å². The fraction of sp³-hybridized carbons (Fsp3) is 0.0286. The summed E-state index contributed by atoms with van der Waals surface area (Å²) in [6.45, 7) is 24.4. The molecule has 0 saturated heterocycles. The van der Waals surface area contributed by atoms with Crippen LogP contribution in [0.25, 0.3) is 37.2 Å². The monoisotopic (exact) mass is 654 g/mol. The molecule has 3 aliphatic heterocycles. The minimum absolute atomic E-state index is 0.00177. The van der Waals surface area contributed by atoms with E-state index in [0.29, 0.717) is 38.1 Å². The van der Waals surface area contributed by atoms with Crippen molar-refractivity contribution < 1.29 is 0 Å². The summed E-state index contributed by atoms with van der Waals surface area (Å²) in [6.07, 6.45) is 0. The molecule has 230 valence electrons. The van der Waals surface area contributed by atoms with Crippen LogP contribution in [0.5, 0.6) is 0 Å². The number of allylic oxidation sites excluding steroid dienone is 2. The lowest BCUT2D eigenvalue weighted by molar-refractivity contribution is 0.991. The van der Waals surface area contributed by atoms with Gasteiger partial charge in [-0.05, 0) is 55.0 Å². The van der Waals surface area contributed by atoms with Crippen molar-refractivity contribution >= 4 is 17.0 Å². The van der Waals surface area contributed by atoms with Crippen LogP contribution in [-0.4, -0.2) is 15.0 Å². The Morgan fingerprint density at radius 2 is 1.22 bits per heavy atom. The molecule has 1 aromatic heterocycles. The number of benzene rings is 3. The number of hydrogen-bond donors (Lipinski definition) is 0. The number of aromatic nitrogens is 3. The Balaban J connectivity index is 1.48. The average molecular weight is 655 g/mol. The summed E-state index contributed by atoms with van der Waals surface area (Å²) in [5.41, 5.74) is 0.929. The molecule has 4 aromatic rings. The highest BCUT2D eigenvalue weighted by molar-refractivity contribution is 5.78. The molecule has 0 atom stereocenters. The normalized spacial score (nSPS) is 15.5. The number of nitriles is 4. The zero-order chi connectivity index (χ0) is 35.8. The van der Waals surface area contributed by atoms with Crippen LogP contribution in [0.3, 0.4) is 0 Å². The number of aryl methyl sites for hydroxylation is 1. The number of fused-ring (bicyclic) bond motifs is 3. The summed E-state index contributed by atoms with van der Waals surface area (Å²) in [4.78, 5) is 50.1. The molecule has 16 heteroatoms. The van der Waals surface area contributed by atoms with E-state index in [0.717, 1.165) is 0 Å². The van der Waals surface area contributed by atoms with Crippen LogP contribution in [0.1, 0.15) is 28.3 Å². The second-order valence-corrected chi connectivity index (χ2v) is 10.5. The van der Waals surface area contributed by atoms with Crippen molar-refractivity contribution in [3.8, 4) is 35.7 Å². The minimum Gasteiger partial charge on any atom is -0.240 e. The van der Waals surface area contributed by atoms with E-state index in [-0.39, 0.29) is 73.9 Å². The first-order chi connectivity index (χ1) is 24.8. The lowest BCUT2D eigenvalue weighted by Crippen LogP contribution is -2.22. The molecule has 0 bridgehead atoms. The second kappa shape index (κ2) is 12.0. The zero-order valence-electron chi connectivity index (χ0n) is 25.7. The van der Waals surface area contributed by atoms with Crippen LogP contribution in [0.15, 0.2) is 95.6 Å². The van der Waals surface area contributed by atoms with Gasteiger partial charge in [-0.2, -0.15) is 15.8 Å². The summed E-state index contributed by atoms with van der Waals surface area (Å²) in [6, 6.07) is 18.7. The lowest BCUT2D eigenvalue weighted by Gasteiger charge is -2.07. The predicted octanol–water partition coefficient (Wildman–Crippen LogP) is 1.65. The molecule has 0 saturated carbocycles. The number of hydrogen-bond acceptors (Lipinski definition) is 13. The topological polar surface area (TPSA) is 221 Å². The Morgan fingerprint density at radius 1 is 0.608 bits per heavy atom. The summed E-state index contributed by atoms with van der Waals surface area (Å²) < 4.78 is 0. The standard InChI is InChI=1S/C35H10N16/c1-16-7-23-25(9-18(16)12-36)45-31(44-23)20(14-38)32-49-30(17-5-6-21-24(8-17)46-33(43-21)28(15-39)41-3)50-35(51-32)29(42-4)34-47-26-10-19(13-37)22(40-2)11-27(26)48-34/h5-11H,1H3/b31-20-,33-28+,34-29-. The molecule has 3 aliphatic rings. The van der Waals surface area contributed by atoms with Crippen molar-refractivity contribution in [2.75, 3.05) is 0 Å². The van der Waals surface area contributed by atoms with Gasteiger partial charge in [0.25, 0.3) is 5.70 Å². The van der Waals surface area contributed by atoms with Gasteiger partial charge in [0.1, 0.15) is 11.6 Å². The Morgan fingerprint density at radius 3 is 1.86 bits per heavy atom. The summed E-state index contributed by atoms with van der Waals surface area (Å²) in [5, 5.41) is 40.7.